The number of thiazole rings is 1. The van der Waals surface area contributed by atoms with Crippen LogP contribution < -0.4 is 4.74 Å². The number of Topliss-reactive ketones (excluding diaryl/α,β-unsaturated/α-hetero) is 1. The van der Waals surface area contributed by atoms with E-state index in [0.717, 1.165) is 16.3 Å². The SMILES string of the molecule is COc1ccc(SCC(=O)[C@@H](C#N)c2nc(C)cs2)cc1. The fraction of sp³-hybridized carbons (Fsp3) is 0.267. The monoisotopic (exact) mass is 318 g/mol. The van der Waals surface area contributed by atoms with Gasteiger partial charge in [0.2, 0.25) is 0 Å². The maximum atomic E-state index is 12.2. The zero-order chi connectivity index (χ0) is 15.2. The van der Waals surface area contributed by atoms with Crippen molar-refractivity contribution in [2.45, 2.75) is 17.7 Å². The topological polar surface area (TPSA) is 63.0 Å². The van der Waals surface area contributed by atoms with Crippen molar-refractivity contribution in [3.63, 3.8) is 0 Å². The number of hydrogen-bond donors (Lipinski definition) is 0. The van der Waals surface area contributed by atoms with Crippen molar-refractivity contribution in [1.82, 2.24) is 4.98 Å². The second-order valence-electron chi connectivity index (χ2n) is 4.32. The van der Waals surface area contributed by atoms with Gasteiger partial charge in [0.25, 0.3) is 0 Å². The summed E-state index contributed by atoms with van der Waals surface area (Å²) >= 11 is 2.77. The minimum atomic E-state index is -0.769. The quantitative estimate of drug-likeness (QED) is 0.764. The fourth-order valence-electron chi connectivity index (χ4n) is 1.68. The summed E-state index contributed by atoms with van der Waals surface area (Å²) in [6.45, 7) is 1.85. The van der Waals surface area contributed by atoms with Gasteiger partial charge in [-0.2, -0.15) is 5.26 Å². The number of rotatable bonds is 6. The molecule has 0 aliphatic rings. The van der Waals surface area contributed by atoms with E-state index in [2.05, 4.69) is 11.1 Å². The molecule has 1 atom stereocenters. The molecule has 0 aliphatic carbocycles. The van der Waals surface area contributed by atoms with E-state index in [1.807, 2.05) is 36.6 Å². The molecule has 0 unspecified atom stereocenters. The number of carbonyl (C=O) groups excluding carboxylic acids is 1. The molecule has 4 nitrogen and oxygen atoms in total. The first kappa shape index (κ1) is 15.5. The molecule has 0 spiro atoms. The summed E-state index contributed by atoms with van der Waals surface area (Å²) in [6.07, 6.45) is 0. The van der Waals surface area contributed by atoms with Gasteiger partial charge in [-0.1, -0.05) is 0 Å². The molecule has 108 valence electrons. The van der Waals surface area contributed by atoms with Crippen LogP contribution in [0.5, 0.6) is 5.75 Å². The standard InChI is InChI=1S/C15H14N2O2S2/c1-10-8-21-15(17-10)13(7-16)14(18)9-20-12-5-3-11(19-2)4-6-12/h3-6,8,13H,9H2,1-2H3/t13-/m1/s1. The zero-order valence-corrected chi connectivity index (χ0v) is 13.3. The smallest absolute Gasteiger partial charge is 0.167 e. The third-order valence-corrected chi connectivity index (χ3v) is 4.84. The molecule has 2 aromatic rings. The van der Waals surface area contributed by atoms with Gasteiger partial charge < -0.3 is 4.74 Å². The van der Waals surface area contributed by atoms with Crippen LogP contribution in [0.15, 0.2) is 34.5 Å². The number of hydrogen-bond acceptors (Lipinski definition) is 6. The Bertz CT molecular complexity index is 659. The number of nitrogens with zero attached hydrogens (tertiary/aromatic N) is 2. The summed E-state index contributed by atoms with van der Waals surface area (Å²) < 4.78 is 5.08. The Hall–Kier alpha value is -1.84. The second-order valence-corrected chi connectivity index (χ2v) is 6.26. The number of nitriles is 1. The van der Waals surface area contributed by atoms with Gasteiger partial charge in [-0.25, -0.2) is 4.98 Å². The number of benzene rings is 1. The van der Waals surface area contributed by atoms with Crippen LogP contribution in [0, 0.1) is 18.3 Å². The lowest BCUT2D eigenvalue weighted by Gasteiger charge is -2.06. The van der Waals surface area contributed by atoms with Crippen molar-refractivity contribution in [2.24, 2.45) is 0 Å². The van der Waals surface area contributed by atoms with E-state index in [1.54, 1.807) is 7.11 Å². The number of methoxy groups -OCH3 is 1. The van der Waals surface area contributed by atoms with Crippen molar-refractivity contribution in [1.29, 1.82) is 5.26 Å². The summed E-state index contributed by atoms with van der Waals surface area (Å²) in [6, 6.07) is 9.53. The lowest BCUT2D eigenvalue weighted by Crippen LogP contribution is -2.13. The highest BCUT2D eigenvalue weighted by molar-refractivity contribution is 8.00. The number of thioether (sulfide) groups is 1. The number of ketones is 1. The van der Waals surface area contributed by atoms with E-state index in [0.29, 0.717) is 5.01 Å². The molecule has 0 fully saturated rings. The highest BCUT2D eigenvalue weighted by atomic mass is 32.2. The normalized spacial score (nSPS) is 11.7. The molecule has 0 amide bonds. The molecule has 1 heterocycles. The van der Waals surface area contributed by atoms with Crippen molar-refractivity contribution >= 4 is 28.9 Å². The lowest BCUT2D eigenvalue weighted by atomic mass is 10.1. The summed E-state index contributed by atoms with van der Waals surface area (Å²) in [5.74, 6) is 0.143. The predicted octanol–water partition coefficient (Wildman–Crippen LogP) is 3.43. The Labute approximate surface area is 131 Å². The molecule has 1 aromatic carbocycles. The number of ether oxygens (including phenoxy) is 1. The van der Waals surface area contributed by atoms with Gasteiger partial charge >= 0.3 is 0 Å². The molecule has 0 aliphatic heterocycles. The molecule has 0 saturated carbocycles. The van der Waals surface area contributed by atoms with Gasteiger partial charge in [0.05, 0.1) is 18.9 Å². The van der Waals surface area contributed by atoms with Crippen LogP contribution in [-0.2, 0) is 4.79 Å². The van der Waals surface area contributed by atoms with Crippen LogP contribution in [-0.4, -0.2) is 23.6 Å². The first-order valence-electron chi connectivity index (χ1n) is 6.25. The van der Waals surface area contributed by atoms with Crippen molar-refractivity contribution in [2.75, 3.05) is 12.9 Å². The van der Waals surface area contributed by atoms with E-state index < -0.39 is 5.92 Å². The van der Waals surface area contributed by atoms with Crippen LogP contribution in [0.4, 0.5) is 0 Å². The Morgan fingerprint density at radius 3 is 2.71 bits per heavy atom. The van der Waals surface area contributed by atoms with Crippen LogP contribution in [0.3, 0.4) is 0 Å². The lowest BCUT2D eigenvalue weighted by molar-refractivity contribution is -0.116. The van der Waals surface area contributed by atoms with Gasteiger partial charge in [0, 0.05) is 16.0 Å². The van der Waals surface area contributed by atoms with Gasteiger partial charge in [-0.3, -0.25) is 4.79 Å². The maximum Gasteiger partial charge on any atom is 0.167 e. The highest BCUT2D eigenvalue weighted by Crippen LogP contribution is 2.26. The van der Waals surface area contributed by atoms with Gasteiger partial charge in [0.15, 0.2) is 11.7 Å². The average molecular weight is 318 g/mol. The molecule has 0 bridgehead atoms. The number of carbonyl (C=O) groups is 1. The third-order valence-electron chi connectivity index (χ3n) is 2.78. The molecule has 0 N–H and O–H groups in total. The van der Waals surface area contributed by atoms with E-state index >= 15 is 0 Å². The molecule has 2 rings (SSSR count). The predicted molar refractivity (Wildman–Crippen MR) is 83.9 cm³/mol. The van der Waals surface area contributed by atoms with Gasteiger partial charge in [-0.05, 0) is 31.2 Å². The first-order valence-corrected chi connectivity index (χ1v) is 8.11. The van der Waals surface area contributed by atoms with E-state index in [4.69, 9.17) is 4.74 Å². The molecule has 0 radical (unpaired) electrons. The molecular weight excluding hydrogens is 304 g/mol. The second kappa shape index (κ2) is 7.25. The molecule has 1 aromatic heterocycles. The van der Waals surface area contributed by atoms with Gasteiger partial charge in [0.1, 0.15) is 10.8 Å². The zero-order valence-electron chi connectivity index (χ0n) is 11.7. The van der Waals surface area contributed by atoms with Gasteiger partial charge in [-0.15, -0.1) is 23.1 Å². The summed E-state index contributed by atoms with van der Waals surface area (Å²) in [5, 5.41) is 11.6. The molecular formula is C15H14N2O2S2. The highest BCUT2D eigenvalue weighted by Gasteiger charge is 2.23. The maximum absolute atomic E-state index is 12.2. The summed E-state index contributed by atoms with van der Waals surface area (Å²) in [5.41, 5.74) is 0.839. The summed E-state index contributed by atoms with van der Waals surface area (Å²) in [7, 11) is 1.61. The Morgan fingerprint density at radius 2 is 2.19 bits per heavy atom. The van der Waals surface area contributed by atoms with Crippen LogP contribution >= 0.6 is 23.1 Å². The van der Waals surface area contributed by atoms with Crippen molar-refractivity contribution < 1.29 is 9.53 Å². The van der Waals surface area contributed by atoms with E-state index in [-0.39, 0.29) is 11.5 Å². The molecule has 0 saturated heterocycles. The molecule has 21 heavy (non-hydrogen) atoms. The van der Waals surface area contributed by atoms with Crippen LogP contribution in [0.2, 0.25) is 0 Å². The molecule has 6 heteroatoms. The van der Waals surface area contributed by atoms with E-state index in [9.17, 15) is 10.1 Å². The minimum Gasteiger partial charge on any atom is -0.497 e. The number of aromatic nitrogens is 1. The fourth-order valence-corrected chi connectivity index (χ4v) is 3.34. The van der Waals surface area contributed by atoms with Crippen LogP contribution in [0.25, 0.3) is 0 Å². The number of aryl methyl sites for hydroxylation is 1. The Morgan fingerprint density at radius 1 is 1.48 bits per heavy atom. The van der Waals surface area contributed by atoms with E-state index in [1.165, 1.54) is 23.1 Å². The summed E-state index contributed by atoms with van der Waals surface area (Å²) in [4.78, 5) is 17.4. The Balaban J connectivity index is 1.98. The third kappa shape index (κ3) is 4.06. The van der Waals surface area contributed by atoms with Crippen LogP contribution in [0.1, 0.15) is 16.6 Å². The Kier molecular flexibility index (Phi) is 5.37. The minimum absolute atomic E-state index is 0.118. The average Bonchev–Trinajstić information content (AvgIpc) is 2.92. The largest absolute Gasteiger partial charge is 0.497 e. The first-order chi connectivity index (χ1) is 10.1. The van der Waals surface area contributed by atoms with Crippen molar-refractivity contribution in [3.8, 4) is 11.8 Å². The van der Waals surface area contributed by atoms with Crippen molar-refractivity contribution in [3.05, 3.63) is 40.3 Å².